The molecular formula is C12H19NO. The summed E-state index contributed by atoms with van der Waals surface area (Å²) in [7, 11) is 0. The summed E-state index contributed by atoms with van der Waals surface area (Å²) in [5.41, 5.74) is 0. The predicted octanol–water partition coefficient (Wildman–Crippen LogP) is 1.90. The predicted molar refractivity (Wildman–Crippen MR) is 57.6 cm³/mol. The minimum absolute atomic E-state index is 0.00199. The highest BCUT2D eigenvalue weighted by Crippen LogP contribution is 2.23. The van der Waals surface area contributed by atoms with Crippen LogP contribution < -0.4 is 0 Å². The molecule has 0 aromatic carbocycles. The van der Waals surface area contributed by atoms with E-state index in [1.165, 1.54) is 6.42 Å². The third-order valence-electron chi connectivity index (χ3n) is 2.92. The quantitative estimate of drug-likeness (QED) is 0.582. The molecule has 1 saturated heterocycles. The van der Waals surface area contributed by atoms with Crippen LogP contribution in [0.5, 0.6) is 0 Å². The van der Waals surface area contributed by atoms with Gasteiger partial charge in [0, 0.05) is 13.1 Å². The smallest absolute Gasteiger partial charge is 0.298 e. The molecule has 1 aliphatic rings. The first-order valence-corrected chi connectivity index (χ1v) is 5.36. The van der Waals surface area contributed by atoms with Gasteiger partial charge in [-0.3, -0.25) is 4.79 Å². The lowest BCUT2D eigenvalue weighted by molar-refractivity contribution is -0.127. The molecule has 1 aliphatic heterocycles. The van der Waals surface area contributed by atoms with Crippen molar-refractivity contribution in [3.63, 3.8) is 0 Å². The van der Waals surface area contributed by atoms with Gasteiger partial charge in [-0.05, 0) is 37.5 Å². The maximum absolute atomic E-state index is 11.5. The number of nitrogens with zero attached hydrogens (tertiary/aromatic N) is 1. The Bertz CT molecular complexity index is 259. The second-order valence-corrected chi connectivity index (χ2v) is 4.27. The number of likely N-dealkylation sites (tertiary alicyclic amines) is 1. The molecule has 0 bridgehead atoms. The fourth-order valence-corrected chi connectivity index (χ4v) is 1.92. The summed E-state index contributed by atoms with van der Waals surface area (Å²) in [4.78, 5) is 13.4. The Morgan fingerprint density at radius 1 is 1.50 bits per heavy atom. The van der Waals surface area contributed by atoms with E-state index in [4.69, 9.17) is 0 Å². The van der Waals surface area contributed by atoms with Crippen molar-refractivity contribution in [2.24, 2.45) is 11.8 Å². The Balaban J connectivity index is 2.54. The summed E-state index contributed by atoms with van der Waals surface area (Å²) >= 11 is 0. The lowest BCUT2D eigenvalue weighted by Crippen LogP contribution is -2.40. The standard InChI is InChI=1S/C12H19NO/c1-4-6-12(14)13-8-5-7-11(9-13)10(2)3/h10-11H,5,7-9H2,1-3H3/t11-/m0/s1. The minimum atomic E-state index is -0.00199. The van der Waals surface area contributed by atoms with Gasteiger partial charge >= 0.3 is 0 Å². The van der Waals surface area contributed by atoms with Gasteiger partial charge in [0.25, 0.3) is 5.91 Å². The summed E-state index contributed by atoms with van der Waals surface area (Å²) < 4.78 is 0. The minimum Gasteiger partial charge on any atom is -0.332 e. The largest absolute Gasteiger partial charge is 0.332 e. The molecule has 2 nitrogen and oxygen atoms in total. The van der Waals surface area contributed by atoms with Crippen LogP contribution in [0.25, 0.3) is 0 Å². The summed E-state index contributed by atoms with van der Waals surface area (Å²) in [5, 5.41) is 0. The zero-order valence-corrected chi connectivity index (χ0v) is 9.34. The molecule has 0 spiro atoms. The zero-order valence-electron chi connectivity index (χ0n) is 9.34. The number of piperidine rings is 1. The third kappa shape index (κ3) is 2.77. The van der Waals surface area contributed by atoms with Crippen molar-refractivity contribution < 1.29 is 4.79 Å². The van der Waals surface area contributed by atoms with E-state index in [9.17, 15) is 4.79 Å². The van der Waals surface area contributed by atoms with E-state index in [1.807, 2.05) is 4.90 Å². The van der Waals surface area contributed by atoms with Crippen LogP contribution in [-0.2, 0) is 4.79 Å². The Hall–Kier alpha value is -0.970. The van der Waals surface area contributed by atoms with E-state index in [0.29, 0.717) is 11.8 Å². The van der Waals surface area contributed by atoms with E-state index in [-0.39, 0.29) is 5.91 Å². The van der Waals surface area contributed by atoms with Crippen molar-refractivity contribution in [3.05, 3.63) is 0 Å². The topological polar surface area (TPSA) is 20.3 Å². The summed E-state index contributed by atoms with van der Waals surface area (Å²) in [6.07, 6.45) is 2.38. The molecule has 1 rings (SSSR count). The van der Waals surface area contributed by atoms with Gasteiger partial charge in [-0.25, -0.2) is 0 Å². The van der Waals surface area contributed by atoms with Gasteiger partial charge < -0.3 is 4.90 Å². The molecule has 14 heavy (non-hydrogen) atoms. The number of carbonyl (C=O) groups excluding carboxylic acids is 1. The summed E-state index contributed by atoms with van der Waals surface area (Å²) in [6.45, 7) is 7.94. The van der Waals surface area contributed by atoms with Gasteiger partial charge in [-0.1, -0.05) is 19.8 Å². The van der Waals surface area contributed by atoms with Gasteiger partial charge in [-0.2, -0.15) is 0 Å². The molecule has 1 amide bonds. The monoisotopic (exact) mass is 193 g/mol. The van der Waals surface area contributed by atoms with Crippen molar-refractivity contribution >= 4 is 5.91 Å². The Kier molecular flexibility index (Phi) is 4.00. The van der Waals surface area contributed by atoms with E-state index in [1.54, 1.807) is 6.92 Å². The van der Waals surface area contributed by atoms with Crippen molar-refractivity contribution in [2.45, 2.75) is 33.6 Å². The second kappa shape index (κ2) is 5.05. The molecular weight excluding hydrogens is 174 g/mol. The molecule has 1 atom stereocenters. The summed E-state index contributed by atoms with van der Waals surface area (Å²) in [5.74, 6) is 6.60. The van der Waals surface area contributed by atoms with Gasteiger partial charge in [0.2, 0.25) is 0 Å². The fourth-order valence-electron chi connectivity index (χ4n) is 1.92. The number of amides is 1. The molecule has 0 saturated carbocycles. The maximum atomic E-state index is 11.5. The summed E-state index contributed by atoms with van der Waals surface area (Å²) in [6, 6.07) is 0. The molecule has 0 radical (unpaired) electrons. The molecule has 2 heteroatoms. The maximum Gasteiger partial charge on any atom is 0.298 e. The van der Waals surface area contributed by atoms with Gasteiger partial charge in [0.1, 0.15) is 0 Å². The number of rotatable bonds is 1. The van der Waals surface area contributed by atoms with Crippen LogP contribution in [0.4, 0.5) is 0 Å². The molecule has 1 heterocycles. The van der Waals surface area contributed by atoms with Gasteiger partial charge in [0.15, 0.2) is 0 Å². The van der Waals surface area contributed by atoms with Gasteiger partial charge in [-0.15, -0.1) is 0 Å². The van der Waals surface area contributed by atoms with Crippen LogP contribution in [-0.4, -0.2) is 23.9 Å². The van der Waals surface area contributed by atoms with Crippen molar-refractivity contribution in [3.8, 4) is 11.8 Å². The molecule has 1 fully saturated rings. The van der Waals surface area contributed by atoms with E-state index < -0.39 is 0 Å². The normalized spacial score (nSPS) is 21.7. The fraction of sp³-hybridized carbons (Fsp3) is 0.750. The molecule has 0 aromatic rings. The second-order valence-electron chi connectivity index (χ2n) is 4.27. The Morgan fingerprint density at radius 2 is 2.21 bits per heavy atom. The molecule has 78 valence electrons. The van der Waals surface area contributed by atoms with Crippen LogP contribution in [0.1, 0.15) is 33.6 Å². The van der Waals surface area contributed by atoms with E-state index >= 15 is 0 Å². The third-order valence-corrected chi connectivity index (χ3v) is 2.92. The lowest BCUT2D eigenvalue weighted by atomic mass is 9.88. The van der Waals surface area contributed by atoms with Crippen LogP contribution >= 0.6 is 0 Å². The van der Waals surface area contributed by atoms with Gasteiger partial charge in [0.05, 0.1) is 0 Å². The highest BCUT2D eigenvalue weighted by molar-refractivity contribution is 5.93. The average molecular weight is 193 g/mol. The zero-order chi connectivity index (χ0) is 10.6. The Labute approximate surface area is 86.7 Å². The highest BCUT2D eigenvalue weighted by Gasteiger charge is 2.24. The highest BCUT2D eigenvalue weighted by atomic mass is 16.2. The molecule has 0 unspecified atom stereocenters. The number of hydrogen-bond acceptors (Lipinski definition) is 1. The van der Waals surface area contributed by atoms with Crippen molar-refractivity contribution in [1.82, 2.24) is 4.90 Å². The Morgan fingerprint density at radius 3 is 2.79 bits per heavy atom. The SMILES string of the molecule is CC#CC(=O)N1CCC[C@H](C(C)C)C1. The average Bonchev–Trinajstić information content (AvgIpc) is 2.18. The van der Waals surface area contributed by atoms with E-state index in [2.05, 4.69) is 25.7 Å². The first-order chi connectivity index (χ1) is 6.65. The van der Waals surface area contributed by atoms with E-state index in [0.717, 1.165) is 19.5 Å². The van der Waals surface area contributed by atoms with Crippen LogP contribution in [0, 0.1) is 23.7 Å². The first kappa shape index (κ1) is 11.1. The molecule has 0 aliphatic carbocycles. The molecule has 0 aromatic heterocycles. The van der Waals surface area contributed by atoms with Crippen molar-refractivity contribution in [1.29, 1.82) is 0 Å². The number of carbonyl (C=O) groups is 1. The molecule has 0 N–H and O–H groups in total. The first-order valence-electron chi connectivity index (χ1n) is 5.36. The van der Waals surface area contributed by atoms with Crippen LogP contribution in [0.3, 0.4) is 0 Å². The number of hydrogen-bond donors (Lipinski definition) is 0. The van der Waals surface area contributed by atoms with Crippen LogP contribution in [0.2, 0.25) is 0 Å². The van der Waals surface area contributed by atoms with Crippen molar-refractivity contribution in [2.75, 3.05) is 13.1 Å². The lowest BCUT2D eigenvalue weighted by Gasteiger charge is -2.33. The van der Waals surface area contributed by atoms with Crippen LogP contribution in [0.15, 0.2) is 0 Å².